The highest BCUT2D eigenvalue weighted by molar-refractivity contribution is 5.89. The van der Waals surface area contributed by atoms with Crippen molar-refractivity contribution in [2.45, 2.75) is 52.1 Å². The van der Waals surface area contributed by atoms with E-state index in [0.717, 1.165) is 35.1 Å². The van der Waals surface area contributed by atoms with Crippen LogP contribution in [0.15, 0.2) is 78.9 Å². The number of aryl methyl sites for hydroxylation is 1. The Hall–Kier alpha value is -3.47. The molecule has 34 heavy (non-hydrogen) atoms. The number of nitrogens with one attached hydrogen (secondary N) is 1. The molecule has 0 aromatic heterocycles. The zero-order valence-corrected chi connectivity index (χ0v) is 20.0. The Morgan fingerprint density at radius 1 is 0.912 bits per heavy atom. The molecule has 0 saturated carbocycles. The smallest absolute Gasteiger partial charge is 0.243 e. The molecule has 0 aliphatic heterocycles. The Balaban J connectivity index is 1.94. The Morgan fingerprint density at radius 2 is 1.59 bits per heavy atom. The van der Waals surface area contributed by atoms with Gasteiger partial charge in [0.15, 0.2) is 0 Å². The molecule has 1 N–H and O–H groups in total. The fourth-order valence-electron chi connectivity index (χ4n) is 3.92. The third kappa shape index (κ3) is 7.27. The molecule has 0 aliphatic carbocycles. The topological polar surface area (TPSA) is 49.4 Å². The van der Waals surface area contributed by atoms with E-state index in [1.54, 1.807) is 17.0 Å². The van der Waals surface area contributed by atoms with Crippen molar-refractivity contribution in [3.8, 4) is 0 Å². The molecular weight excluding hydrogens is 427 g/mol. The van der Waals surface area contributed by atoms with E-state index in [1.807, 2.05) is 61.5 Å². The van der Waals surface area contributed by atoms with Gasteiger partial charge in [0.1, 0.15) is 11.9 Å². The van der Waals surface area contributed by atoms with E-state index in [9.17, 15) is 14.0 Å². The predicted octanol–water partition coefficient (Wildman–Crippen LogP) is 5.23. The molecule has 0 fully saturated rings. The van der Waals surface area contributed by atoms with E-state index in [0.29, 0.717) is 13.0 Å². The van der Waals surface area contributed by atoms with Crippen LogP contribution >= 0.6 is 0 Å². The Bertz CT molecular complexity index is 1070. The first kappa shape index (κ1) is 25.2. The minimum Gasteiger partial charge on any atom is -0.354 e. The minimum atomic E-state index is -0.680. The van der Waals surface area contributed by atoms with Crippen molar-refractivity contribution in [2.24, 2.45) is 0 Å². The zero-order chi connectivity index (χ0) is 24.3. The van der Waals surface area contributed by atoms with Crippen LogP contribution in [0, 0.1) is 12.7 Å². The second-order valence-corrected chi connectivity index (χ2v) is 8.60. The highest BCUT2D eigenvalue weighted by atomic mass is 19.1. The van der Waals surface area contributed by atoms with E-state index in [-0.39, 0.29) is 30.6 Å². The summed E-state index contributed by atoms with van der Waals surface area (Å²) in [7, 11) is 0. The quantitative estimate of drug-likeness (QED) is 0.398. The van der Waals surface area contributed by atoms with Crippen molar-refractivity contribution in [2.75, 3.05) is 6.54 Å². The molecule has 0 radical (unpaired) electrons. The molecule has 0 unspecified atom stereocenters. The second-order valence-electron chi connectivity index (χ2n) is 8.60. The van der Waals surface area contributed by atoms with Crippen molar-refractivity contribution in [1.29, 1.82) is 0 Å². The second kappa shape index (κ2) is 12.7. The molecule has 3 aromatic carbocycles. The summed E-state index contributed by atoms with van der Waals surface area (Å²) in [5, 5.41) is 3.02. The molecule has 2 amide bonds. The molecular formula is C29H33FN2O2. The molecule has 0 bridgehead atoms. The molecule has 0 heterocycles. The van der Waals surface area contributed by atoms with Crippen molar-refractivity contribution < 1.29 is 14.0 Å². The summed E-state index contributed by atoms with van der Waals surface area (Å²) in [4.78, 5) is 28.7. The number of carbonyl (C=O) groups excluding carboxylic acids is 2. The highest BCUT2D eigenvalue weighted by Crippen LogP contribution is 2.18. The number of rotatable bonds is 11. The maximum atomic E-state index is 13.7. The number of unbranched alkanes of at least 4 members (excludes halogenated alkanes) is 1. The summed E-state index contributed by atoms with van der Waals surface area (Å²) in [6.45, 7) is 4.84. The molecule has 3 rings (SSSR count). The summed E-state index contributed by atoms with van der Waals surface area (Å²) in [6, 6.07) is 22.9. The van der Waals surface area contributed by atoms with Crippen molar-refractivity contribution >= 4 is 11.8 Å². The Labute approximate surface area is 201 Å². The fourth-order valence-corrected chi connectivity index (χ4v) is 3.92. The third-order valence-corrected chi connectivity index (χ3v) is 5.97. The summed E-state index contributed by atoms with van der Waals surface area (Å²) >= 11 is 0. The van der Waals surface area contributed by atoms with Crippen LogP contribution in [0.2, 0.25) is 0 Å². The first-order valence-electron chi connectivity index (χ1n) is 11.9. The van der Waals surface area contributed by atoms with Gasteiger partial charge in [-0.3, -0.25) is 9.59 Å². The molecule has 178 valence electrons. The van der Waals surface area contributed by atoms with E-state index in [1.165, 1.54) is 12.1 Å². The number of nitrogens with zero attached hydrogens (tertiary/aromatic N) is 1. The average molecular weight is 461 g/mol. The summed E-state index contributed by atoms with van der Waals surface area (Å²) < 4.78 is 13.5. The van der Waals surface area contributed by atoms with E-state index >= 15 is 0 Å². The third-order valence-electron chi connectivity index (χ3n) is 5.97. The van der Waals surface area contributed by atoms with Gasteiger partial charge in [0.05, 0.1) is 6.42 Å². The normalized spacial score (nSPS) is 11.6. The Morgan fingerprint density at radius 3 is 2.26 bits per heavy atom. The number of halogens is 1. The van der Waals surface area contributed by atoms with Gasteiger partial charge in [-0.2, -0.15) is 0 Å². The van der Waals surface area contributed by atoms with Crippen LogP contribution < -0.4 is 5.32 Å². The number of hydrogen-bond donors (Lipinski definition) is 1. The lowest BCUT2D eigenvalue weighted by molar-refractivity contribution is -0.140. The van der Waals surface area contributed by atoms with Gasteiger partial charge in [0.25, 0.3) is 0 Å². The van der Waals surface area contributed by atoms with Crippen molar-refractivity contribution in [3.63, 3.8) is 0 Å². The van der Waals surface area contributed by atoms with Gasteiger partial charge >= 0.3 is 0 Å². The molecule has 5 heteroatoms. The molecule has 0 saturated heterocycles. The Kier molecular flexibility index (Phi) is 9.39. The lowest BCUT2D eigenvalue weighted by Gasteiger charge is -2.32. The van der Waals surface area contributed by atoms with Gasteiger partial charge < -0.3 is 10.2 Å². The van der Waals surface area contributed by atoms with Gasteiger partial charge in [-0.15, -0.1) is 0 Å². The first-order valence-corrected chi connectivity index (χ1v) is 11.9. The van der Waals surface area contributed by atoms with E-state index in [4.69, 9.17) is 0 Å². The van der Waals surface area contributed by atoms with Crippen LogP contribution in [-0.2, 0) is 29.0 Å². The van der Waals surface area contributed by atoms with E-state index < -0.39 is 6.04 Å². The summed E-state index contributed by atoms with van der Waals surface area (Å²) in [5.41, 5.74) is 3.72. The average Bonchev–Trinajstić information content (AvgIpc) is 2.84. The molecule has 0 aliphatic rings. The van der Waals surface area contributed by atoms with Gasteiger partial charge in [-0.1, -0.05) is 80.1 Å². The van der Waals surface area contributed by atoms with Gasteiger partial charge in [0, 0.05) is 19.5 Å². The van der Waals surface area contributed by atoms with Gasteiger partial charge in [0.2, 0.25) is 11.8 Å². The minimum absolute atomic E-state index is 0.134. The van der Waals surface area contributed by atoms with Crippen LogP contribution in [0.3, 0.4) is 0 Å². The van der Waals surface area contributed by atoms with E-state index in [2.05, 4.69) is 12.2 Å². The highest BCUT2D eigenvalue weighted by Gasteiger charge is 2.30. The monoisotopic (exact) mass is 460 g/mol. The van der Waals surface area contributed by atoms with Crippen LogP contribution in [0.1, 0.15) is 42.0 Å². The largest absolute Gasteiger partial charge is 0.354 e. The van der Waals surface area contributed by atoms with Crippen LogP contribution in [0.4, 0.5) is 4.39 Å². The first-order chi connectivity index (χ1) is 16.5. The standard InChI is InChI=1S/C29H33FN2O2/c1-3-4-18-31-29(34)27(19-23-11-6-5-7-12-23)32(21-24-14-16-26(30)17-15-24)28(33)20-25-13-9-8-10-22(25)2/h5-17,27H,3-4,18-21H2,1-2H3,(H,31,34)/t27-/m0/s1. The molecule has 3 aromatic rings. The summed E-state index contributed by atoms with van der Waals surface area (Å²) in [6.07, 6.45) is 2.44. The molecule has 0 spiro atoms. The van der Waals surface area contributed by atoms with Gasteiger partial charge in [-0.05, 0) is 47.7 Å². The maximum absolute atomic E-state index is 13.7. The number of hydrogen-bond acceptors (Lipinski definition) is 2. The SMILES string of the molecule is CCCCNC(=O)[C@H](Cc1ccccc1)N(Cc1ccc(F)cc1)C(=O)Cc1ccccc1C. The zero-order valence-electron chi connectivity index (χ0n) is 20.0. The predicted molar refractivity (Wildman–Crippen MR) is 134 cm³/mol. The number of amides is 2. The van der Waals surface area contributed by atoms with Crippen LogP contribution in [0.5, 0.6) is 0 Å². The van der Waals surface area contributed by atoms with Crippen molar-refractivity contribution in [3.05, 3.63) is 107 Å². The van der Waals surface area contributed by atoms with Crippen LogP contribution in [0.25, 0.3) is 0 Å². The van der Waals surface area contributed by atoms with Crippen molar-refractivity contribution in [1.82, 2.24) is 10.2 Å². The molecule has 4 nitrogen and oxygen atoms in total. The lowest BCUT2D eigenvalue weighted by atomic mass is 10.00. The lowest BCUT2D eigenvalue weighted by Crippen LogP contribution is -2.51. The molecule has 1 atom stereocenters. The maximum Gasteiger partial charge on any atom is 0.243 e. The van der Waals surface area contributed by atoms with Crippen LogP contribution in [-0.4, -0.2) is 29.3 Å². The fraction of sp³-hybridized carbons (Fsp3) is 0.310. The summed E-state index contributed by atoms with van der Waals surface area (Å²) in [5.74, 6) is -0.637. The van der Waals surface area contributed by atoms with Gasteiger partial charge in [-0.25, -0.2) is 4.39 Å². The number of benzene rings is 3. The number of carbonyl (C=O) groups is 2.